The summed E-state index contributed by atoms with van der Waals surface area (Å²) in [7, 11) is 0. The molecule has 160 valence electrons. The quantitative estimate of drug-likeness (QED) is 0.401. The Morgan fingerprint density at radius 3 is 2.44 bits per heavy atom. The van der Waals surface area contributed by atoms with Crippen LogP contribution in [0.3, 0.4) is 0 Å². The van der Waals surface area contributed by atoms with E-state index in [1.54, 1.807) is 47.2 Å². The minimum atomic E-state index is -4.56. The van der Waals surface area contributed by atoms with Gasteiger partial charge in [0.2, 0.25) is 0 Å². The van der Waals surface area contributed by atoms with Gasteiger partial charge in [0.15, 0.2) is 5.65 Å². The molecular weight excluding hydrogens is 439 g/mol. The molecule has 0 aliphatic heterocycles. The summed E-state index contributed by atoms with van der Waals surface area (Å²) in [5.74, 6) is 5.79. The van der Waals surface area contributed by atoms with Crippen molar-refractivity contribution in [1.29, 1.82) is 0 Å². The Morgan fingerprint density at radius 2 is 1.69 bits per heavy atom. The molecule has 2 aromatic carbocycles. The SMILES string of the molecule is O=C(Cc1ccc(C#Cc2ccc3nccn3n2)cc1)Cc1ccc(Cl)c(C(F)(F)F)c1. The highest BCUT2D eigenvalue weighted by atomic mass is 35.5. The van der Waals surface area contributed by atoms with Gasteiger partial charge in [-0.25, -0.2) is 9.50 Å². The van der Waals surface area contributed by atoms with Crippen LogP contribution in [0.4, 0.5) is 13.2 Å². The molecule has 0 atom stereocenters. The summed E-state index contributed by atoms with van der Waals surface area (Å²) in [4.78, 5) is 16.5. The molecule has 8 heteroatoms. The Bertz CT molecular complexity index is 1350. The Kier molecular flexibility index (Phi) is 5.97. The molecule has 0 N–H and O–H groups in total. The minimum absolute atomic E-state index is 0.107. The number of alkyl halides is 3. The number of hydrogen-bond acceptors (Lipinski definition) is 3. The predicted molar refractivity (Wildman–Crippen MR) is 114 cm³/mol. The first-order valence-electron chi connectivity index (χ1n) is 9.56. The number of imidazole rings is 1. The summed E-state index contributed by atoms with van der Waals surface area (Å²) in [6, 6.07) is 14.3. The van der Waals surface area contributed by atoms with E-state index >= 15 is 0 Å². The van der Waals surface area contributed by atoms with Crippen LogP contribution in [0, 0.1) is 11.8 Å². The molecule has 4 aromatic rings. The van der Waals surface area contributed by atoms with Gasteiger partial charge in [0.25, 0.3) is 0 Å². The van der Waals surface area contributed by atoms with Crippen LogP contribution in [0.15, 0.2) is 67.0 Å². The second-order valence-corrected chi connectivity index (χ2v) is 7.51. The van der Waals surface area contributed by atoms with Gasteiger partial charge < -0.3 is 0 Å². The number of Topliss-reactive ketones (excluding diaryl/α,β-unsaturated/α-hetero) is 1. The number of hydrogen-bond donors (Lipinski definition) is 0. The normalized spacial score (nSPS) is 11.2. The Morgan fingerprint density at radius 1 is 0.969 bits per heavy atom. The zero-order valence-electron chi connectivity index (χ0n) is 16.5. The van der Waals surface area contributed by atoms with Crippen LogP contribution in [0.2, 0.25) is 5.02 Å². The summed E-state index contributed by atoms with van der Waals surface area (Å²) in [5, 5.41) is 3.95. The average molecular weight is 454 g/mol. The number of carbonyl (C=O) groups excluding carboxylic acids is 1. The van der Waals surface area contributed by atoms with Crippen molar-refractivity contribution in [1.82, 2.24) is 14.6 Å². The number of nitrogens with zero attached hydrogens (tertiary/aromatic N) is 3. The Labute approximate surface area is 186 Å². The third kappa shape index (κ3) is 5.16. The lowest BCUT2D eigenvalue weighted by molar-refractivity contribution is -0.137. The molecule has 0 saturated heterocycles. The van der Waals surface area contributed by atoms with Gasteiger partial charge in [-0.3, -0.25) is 4.79 Å². The summed E-state index contributed by atoms with van der Waals surface area (Å²) in [6.45, 7) is 0. The third-order valence-corrected chi connectivity index (χ3v) is 5.01. The Balaban J connectivity index is 1.40. The molecule has 0 aliphatic carbocycles. The standard InChI is InChI=1S/C24H15ClF3N3O/c25-22-9-6-18(15-21(22)24(26,27)28)14-20(32)13-17-3-1-16(2-4-17)5-7-19-8-10-23-29-11-12-31(23)30-19/h1-4,6,8-12,15H,13-14H2. The molecule has 2 heterocycles. The molecule has 0 radical (unpaired) electrons. The van der Waals surface area contributed by atoms with Gasteiger partial charge in [-0.05, 0) is 53.4 Å². The van der Waals surface area contributed by atoms with Crippen molar-refractivity contribution < 1.29 is 18.0 Å². The second-order valence-electron chi connectivity index (χ2n) is 7.10. The molecular formula is C24H15ClF3N3O. The highest BCUT2D eigenvalue weighted by Crippen LogP contribution is 2.35. The topological polar surface area (TPSA) is 47.3 Å². The van der Waals surface area contributed by atoms with Crippen molar-refractivity contribution in [2.75, 3.05) is 0 Å². The van der Waals surface area contributed by atoms with Gasteiger partial charge in [0, 0.05) is 30.8 Å². The van der Waals surface area contributed by atoms with E-state index in [0.29, 0.717) is 5.69 Å². The molecule has 32 heavy (non-hydrogen) atoms. The monoisotopic (exact) mass is 453 g/mol. The number of rotatable bonds is 4. The molecule has 0 amide bonds. The summed E-state index contributed by atoms with van der Waals surface area (Å²) < 4.78 is 40.6. The van der Waals surface area contributed by atoms with E-state index in [1.807, 2.05) is 6.07 Å². The van der Waals surface area contributed by atoms with Gasteiger partial charge in [-0.2, -0.15) is 18.3 Å². The van der Waals surface area contributed by atoms with Crippen LogP contribution in [0.1, 0.15) is 27.9 Å². The first-order chi connectivity index (χ1) is 15.3. The van der Waals surface area contributed by atoms with Gasteiger partial charge in [-0.15, -0.1) is 0 Å². The van der Waals surface area contributed by atoms with Gasteiger partial charge in [-0.1, -0.05) is 35.7 Å². The zero-order valence-corrected chi connectivity index (χ0v) is 17.3. The number of carbonyl (C=O) groups is 1. The largest absolute Gasteiger partial charge is 0.417 e. The van der Waals surface area contributed by atoms with Crippen molar-refractivity contribution in [3.8, 4) is 11.8 Å². The Hall–Kier alpha value is -3.63. The van der Waals surface area contributed by atoms with Gasteiger partial charge >= 0.3 is 6.18 Å². The van der Waals surface area contributed by atoms with Crippen LogP contribution in [0.25, 0.3) is 5.65 Å². The maximum Gasteiger partial charge on any atom is 0.417 e. The average Bonchev–Trinajstić information content (AvgIpc) is 3.22. The zero-order chi connectivity index (χ0) is 22.7. The van der Waals surface area contributed by atoms with Crippen LogP contribution < -0.4 is 0 Å². The molecule has 0 bridgehead atoms. The molecule has 4 nitrogen and oxygen atoms in total. The van der Waals surface area contributed by atoms with E-state index in [9.17, 15) is 18.0 Å². The maximum absolute atomic E-state index is 13.0. The van der Waals surface area contributed by atoms with Crippen molar-refractivity contribution in [3.63, 3.8) is 0 Å². The van der Waals surface area contributed by atoms with Crippen molar-refractivity contribution >= 4 is 23.0 Å². The van der Waals surface area contributed by atoms with E-state index in [2.05, 4.69) is 21.9 Å². The molecule has 0 aliphatic rings. The minimum Gasteiger partial charge on any atom is -0.299 e. The molecule has 0 saturated carbocycles. The van der Waals surface area contributed by atoms with Crippen LogP contribution >= 0.6 is 11.6 Å². The lowest BCUT2D eigenvalue weighted by atomic mass is 10.0. The number of ketones is 1. The van der Waals surface area contributed by atoms with Crippen LogP contribution in [-0.4, -0.2) is 20.4 Å². The summed E-state index contributed by atoms with van der Waals surface area (Å²) in [6.07, 6.45) is -1.17. The number of fused-ring (bicyclic) bond motifs is 1. The van der Waals surface area contributed by atoms with E-state index in [-0.39, 0.29) is 29.2 Å². The van der Waals surface area contributed by atoms with E-state index in [1.165, 1.54) is 12.1 Å². The van der Waals surface area contributed by atoms with E-state index in [0.717, 1.165) is 22.8 Å². The van der Waals surface area contributed by atoms with Crippen molar-refractivity contribution in [2.45, 2.75) is 19.0 Å². The smallest absolute Gasteiger partial charge is 0.299 e. The highest BCUT2D eigenvalue weighted by Gasteiger charge is 2.33. The van der Waals surface area contributed by atoms with Gasteiger partial charge in [0.05, 0.1) is 10.6 Å². The van der Waals surface area contributed by atoms with Gasteiger partial charge in [0.1, 0.15) is 11.5 Å². The second kappa shape index (κ2) is 8.85. The summed E-state index contributed by atoms with van der Waals surface area (Å²) >= 11 is 5.62. The maximum atomic E-state index is 13.0. The molecule has 4 rings (SSSR count). The molecule has 2 aromatic heterocycles. The fourth-order valence-corrected chi connectivity index (χ4v) is 3.37. The number of aromatic nitrogens is 3. The fourth-order valence-electron chi connectivity index (χ4n) is 3.14. The lowest BCUT2D eigenvalue weighted by Gasteiger charge is -2.10. The van der Waals surface area contributed by atoms with E-state index in [4.69, 9.17) is 11.6 Å². The highest BCUT2D eigenvalue weighted by molar-refractivity contribution is 6.31. The number of benzene rings is 2. The van der Waals surface area contributed by atoms with Crippen LogP contribution in [0.5, 0.6) is 0 Å². The summed E-state index contributed by atoms with van der Waals surface area (Å²) in [5.41, 5.74) is 2.17. The third-order valence-electron chi connectivity index (χ3n) is 4.68. The molecule has 0 spiro atoms. The first kappa shape index (κ1) is 21.6. The predicted octanol–water partition coefficient (Wildman–Crippen LogP) is 5.16. The first-order valence-corrected chi connectivity index (χ1v) is 9.94. The number of halogens is 4. The molecule has 0 fully saturated rings. The lowest BCUT2D eigenvalue weighted by Crippen LogP contribution is -2.10. The molecule has 0 unspecified atom stereocenters. The van der Waals surface area contributed by atoms with Crippen LogP contribution in [-0.2, 0) is 23.8 Å². The van der Waals surface area contributed by atoms with E-state index < -0.39 is 11.7 Å². The van der Waals surface area contributed by atoms with Crippen molar-refractivity contribution in [2.24, 2.45) is 0 Å². The fraction of sp³-hybridized carbons (Fsp3) is 0.125. The van der Waals surface area contributed by atoms with Crippen molar-refractivity contribution in [3.05, 3.63) is 100.0 Å².